The molecule has 0 saturated heterocycles. The van der Waals surface area contributed by atoms with Gasteiger partial charge in [-0.2, -0.15) is 0 Å². The molecular formula is C7H3ClF2O2. The Morgan fingerprint density at radius 1 is 1.50 bits per heavy atom. The van der Waals surface area contributed by atoms with E-state index in [1.165, 1.54) is 0 Å². The minimum atomic E-state index is -1.34. The van der Waals surface area contributed by atoms with Gasteiger partial charge in [0.15, 0.2) is 17.9 Å². The third-order valence-electron chi connectivity index (χ3n) is 1.30. The summed E-state index contributed by atoms with van der Waals surface area (Å²) >= 11 is 5.20. The van der Waals surface area contributed by atoms with E-state index in [0.717, 1.165) is 0 Å². The second-order valence-corrected chi connectivity index (χ2v) is 2.44. The summed E-state index contributed by atoms with van der Waals surface area (Å²) in [6.45, 7) is 0. The van der Waals surface area contributed by atoms with Crippen LogP contribution >= 0.6 is 11.6 Å². The Morgan fingerprint density at radius 3 is 2.58 bits per heavy atom. The quantitative estimate of drug-likeness (QED) is 0.693. The van der Waals surface area contributed by atoms with Gasteiger partial charge in [-0.15, -0.1) is 0 Å². The SMILES string of the molecule is O=Cc1c(F)cc(Cl)c(O)c1F. The summed E-state index contributed by atoms with van der Waals surface area (Å²) < 4.78 is 25.3. The number of halogens is 3. The summed E-state index contributed by atoms with van der Waals surface area (Å²) in [6.07, 6.45) is -0.0271. The van der Waals surface area contributed by atoms with Crippen molar-refractivity contribution in [3.63, 3.8) is 0 Å². The summed E-state index contributed by atoms with van der Waals surface area (Å²) in [5.74, 6) is -3.35. The van der Waals surface area contributed by atoms with E-state index in [1.54, 1.807) is 0 Å². The van der Waals surface area contributed by atoms with Crippen molar-refractivity contribution in [2.24, 2.45) is 0 Å². The van der Waals surface area contributed by atoms with Crippen molar-refractivity contribution in [1.29, 1.82) is 0 Å². The Labute approximate surface area is 71.4 Å². The smallest absolute Gasteiger partial charge is 0.179 e. The highest BCUT2D eigenvalue weighted by Crippen LogP contribution is 2.29. The zero-order valence-electron chi connectivity index (χ0n) is 5.64. The molecule has 0 fully saturated rings. The van der Waals surface area contributed by atoms with Crippen LogP contribution in [-0.2, 0) is 0 Å². The van der Waals surface area contributed by atoms with E-state index >= 15 is 0 Å². The molecule has 0 amide bonds. The molecule has 1 rings (SSSR count). The Morgan fingerprint density at radius 2 is 2.08 bits per heavy atom. The summed E-state index contributed by atoms with van der Waals surface area (Å²) in [6, 6.07) is 0.670. The first-order valence-electron chi connectivity index (χ1n) is 2.89. The Kier molecular flexibility index (Phi) is 2.28. The molecule has 1 aromatic carbocycles. The highest BCUT2D eigenvalue weighted by atomic mass is 35.5. The van der Waals surface area contributed by atoms with Gasteiger partial charge in [-0.3, -0.25) is 4.79 Å². The number of carbonyl (C=O) groups excluding carboxylic acids is 1. The van der Waals surface area contributed by atoms with Crippen LogP contribution in [0.15, 0.2) is 6.07 Å². The van der Waals surface area contributed by atoms with Crippen LogP contribution in [0.1, 0.15) is 10.4 Å². The Balaban J connectivity index is 3.51. The van der Waals surface area contributed by atoms with Crippen LogP contribution in [0.25, 0.3) is 0 Å². The molecule has 0 bridgehead atoms. The lowest BCUT2D eigenvalue weighted by molar-refractivity contribution is 0.111. The Bertz CT molecular complexity index is 339. The van der Waals surface area contributed by atoms with Crippen LogP contribution in [0, 0.1) is 11.6 Å². The maximum Gasteiger partial charge on any atom is 0.179 e. The highest BCUT2D eigenvalue weighted by molar-refractivity contribution is 6.32. The number of benzene rings is 1. The molecule has 0 radical (unpaired) electrons. The van der Waals surface area contributed by atoms with Crippen molar-refractivity contribution in [2.75, 3.05) is 0 Å². The molecule has 64 valence electrons. The van der Waals surface area contributed by atoms with Crippen molar-refractivity contribution in [1.82, 2.24) is 0 Å². The lowest BCUT2D eigenvalue weighted by Gasteiger charge is -2.01. The van der Waals surface area contributed by atoms with Gasteiger partial charge in [-0.1, -0.05) is 11.6 Å². The fourth-order valence-corrected chi connectivity index (χ4v) is 0.881. The average Bonchev–Trinajstić information content (AvgIpc) is 2.01. The predicted octanol–water partition coefficient (Wildman–Crippen LogP) is 2.14. The van der Waals surface area contributed by atoms with Gasteiger partial charge in [-0.05, 0) is 6.07 Å². The van der Waals surface area contributed by atoms with E-state index in [4.69, 9.17) is 16.7 Å². The van der Waals surface area contributed by atoms with E-state index in [2.05, 4.69) is 0 Å². The zero-order valence-corrected chi connectivity index (χ0v) is 6.40. The monoisotopic (exact) mass is 192 g/mol. The molecule has 0 atom stereocenters. The van der Waals surface area contributed by atoms with Crippen LogP contribution in [-0.4, -0.2) is 11.4 Å². The lowest BCUT2D eigenvalue weighted by atomic mass is 10.2. The minimum Gasteiger partial charge on any atom is -0.504 e. The summed E-state index contributed by atoms with van der Waals surface area (Å²) in [5.41, 5.74) is -0.822. The molecular weight excluding hydrogens is 190 g/mol. The maximum atomic E-state index is 12.7. The number of phenolic OH excluding ortho intramolecular Hbond substituents is 1. The normalized spacial score (nSPS) is 9.92. The second-order valence-electron chi connectivity index (χ2n) is 2.03. The van der Waals surface area contributed by atoms with Gasteiger partial charge in [0.25, 0.3) is 0 Å². The minimum absolute atomic E-state index is 0.0271. The predicted molar refractivity (Wildman–Crippen MR) is 38.4 cm³/mol. The van der Waals surface area contributed by atoms with Crippen LogP contribution in [0.3, 0.4) is 0 Å². The van der Waals surface area contributed by atoms with Gasteiger partial charge in [0.1, 0.15) is 5.82 Å². The molecule has 0 aliphatic rings. The van der Waals surface area contributed by atoms with Crippen molar-refractivity contribution in [3.05, 3.63) is 28.3 Å². The second kappa shape index (κ2) is 3.06. The highest BCUT2D eigenvalue weighted by Gasteiger charge is 2.15. The van der Waals surface area contributed by atoms with Gasteiger partial charge >= 0.3 is 0 Å². The van der Waals surface area contributed by atoms with Crippen molar-refractivity contribution >= 4 is 17.9 Å². The number of hydrogen-bond donors (Lipinski definition) is 1. The van der Waals surface area contributed by atoms with E-state index < -0.39 is 28.0 Å². The number of aromatic hydroxyl groups is 1. The number of carbonyl (C=O) groups is 1. The van der Waals surface area contributed by atoms with Crippen LogP contribution in [0.5, 0.6) is 5.75 Å². The molecule has 0 aliphatic carbocycles. The van der Waals surface area contributed by atoms with Crippen molar-refractivity contribution in [3.8, 4) is 5.75 Å². The number of rotatable bonds is 1. The molecule has 2 nitrogen and oxygen atoms in total. The fraction of sp³-hybridized carbons (Fsp3) is 0. The van der Waals surface area contributed by atoms with E-state index in [1.807, 2.05) is 0 Å². The van der Waals surface area contributed by atoms with Gasteiger partial charge in [0.05, 0.1) is 10.6 Å². The zero-order chi connectivity index (χ0) is 9.30. The van der Waals surface area contributed by atoms with Crippen LogP contribution < -0.4 is 0 Å². The first kappa shape index (κ1) is 8.93. The largest absolute Gasteiger partial charge is 0.504 e. The average molecular weight is 193 g/mol. The summed E-state index contributed by atoms with van der Waals surface area (Å²) in [5, 5.41) is 8.35. The maximum absolute atomic E-state index is 12.7. The lowest BCUT2D eigenvalue weighted by Crippen LogP contribution is -1.94. The molecule has 0 saturated carbocycles. The first-order valence-corrected chi connectivity index (χ1v) is 3.27. The standard InChI is InChI=1S/C7H3ClF2O2/c8-4-1-5(9)3(2-11)6(10)7(4)12/h1-2,12H. The molecule has 1 aromatic rings. The molecule has 12 heavy (non-hydrogen) atoms. The topological polar surface area (TPSA) is 37.3 Å². The summed E-state index contributed by atoms with van der Waals surface area (Å²) in [7, 11) is 0. The van der Waals surface area contributed by atoms with Crippen LogP contribution in [0.4, 0.5) is 8.78 Å². The molecule has 0 spiro atoms. The molecule has 1 N–H and O–H groups in total. The van der Waals surface area contributed by atoms with Gasteiger partial charge in [0, 0.05) is 0 Å². The molecule has 0 aliphatic heterocycles. The van der Waals surface area contributed by atoms with E-state index in [0.29, 0.717) is 6.07 Å². The number of phenols is 1. The number of hydrogen-bond acceptors (Lipinski definition) is 2. The first-order chi connectivity index (χ1) is 5.57. The van der Waals surface area contributed by atoms with Crippen molar-refractivity contribution < 1.29 is 18.7 Å². The third-order valence-corrected chi connectivity index (χ3v) is 1.59. The third kappa shape index (κ3) is 1.25. The Hall–Kier alpha value is -1.16. The van der Waals surface area contributed by atoms with Crippen molar-refractivity contribution in [2.45, 2.75) is 0 Å². The van der Waals surface area contributed by atoms with E-state index in [9.17, 15) is 13.6 Å². The molecule has 0 heterocycles. The van der Waals surface area contributed by atoms with Gasteiger partial charge in [0.2, 0.25) is 0 Å². The number of aldehydes is 1. The van der Waals surface area contributed by atoms with E-state index in [-0.39, 0.29) is 6.29 Å². The molecule has 0 aromatic heterocycles. The molecule has 5 heteroatoms. The van der Waals surface area contributed by atoms with Gasteiger partial charge in [-0.25, -0.2) is 8.78 Å². The molecule has 0 unspecified atom stereocenters. The van der Waals surface area contributed by atoms with Crippen LogP contribution in [0.2, 0.25) is 5.02 Å². The van der Waals surface area contributed by atoms with Gasteiger partial charge < -0.3 is 5.11 Å². The summed E-state index contributed by atoms with van der Waals surface area (Å²) in [4.78, 5) is 10.1. The fourth-order valence-electron chi connectivity index (χ4n) is 0.703.